The number of piperidine rings is 1. The summed E-state index contributed by atoms with van der Waals surface area (Å²) >= 11 is 0. The smallest absolute Gasteiger partial charge is 0.0479 e. The molecule has 0 unspecified atom stereocenters. The Kier molecular flexibility index (Phi) is 7.67. The maximum atomic E-state index is 3.23. The molecule has 0 aromatic heterocycles. The predicted octanol–water partition coefficient (Wildman–Crippen LogP) is 2.57. The van der Waals surface area contributed by atoms with Crippen molar-refractivity contribution in [1.29, 1.82) is 0 Å². The quantitative estimate of drug-likeness (QED) is 0.815. The van der Waals surface area contributed by atoms with Gasteiger partial charge in [-0.2, -0.15) is 0 Å². The largest absolute Gasteiger partial charge is 0.320 e. The molecule has 0 saturated carbocycles. The maximum Gasteiger partial charge on any atom is 0.0479 e. The molecule has 1 aromatic rings. The summed E-state index contributed by atoms with van der Waals surface area (Å²) in [5, 5.41) is 3.23. The van der Waals surface area contributed by atoms with Crippen molar-refractivity contribution in [2.45, 2.75) is 24.8 Å². The number of hydrogen-bond acceptors (Lipinski definition) is 3. The van der Waals surface area contributed by atoms with Gasteiger partial charge < -0.3 is 10.2 Å². The van der Waals surface area contributed by atoms with Gasteiger partial charge in [-0.05, 0) is 59.1 Å². The van der Waals surface area contributed by atoms with E-state index in [4.69, 9.17) is 0 Å². The SMILES string of the molecule is CNCCCN1CCC(c2ccccc2)(N(C)C)CC1.Cl. The standard InChI is InChI=1S/C17H29N3.ClH/c1-18-12-7-13-20-14-10-17(11-15-20,19(2)3)16-8-5-4-6-9-16;/h4-6,8-9,18H,7,10-15H2,1-3H3;1H. The lowest BCUT2D eigenvalue weighted by Gasteiger charge is -2.46. The first-order valence-corrected chi connectivity index (χ1v) is 7.79. The van der Waals surface area contributed by atoms with Crippen molar-refractivity contribution >= 4 is 12.4 Å². The first kappa shape index (κ1) is 18.4. The molecule has 1 fully saturated rings. The fraction of sp³-hybridized carbons (Fsp3) is 0.647. The molecule has 2 rings (SSSR count). The molecule has 1 heterocycles. The van der Waals surface area contributed by atoms with E-state index in [-0.39, 0.29) is 17.9 Å². The van der Waals surface area contributed by atoms with Crippen LogP contribution >= 0.6 is 12.4 Å². The molecule has 0 amide bonds. The van der Waals surface area contributed by atoms with E-state index in [0.29, 0.717) is 0 Å². The van der Waals surface area contributed by atoms with Gasteiger partial charge in [0.1, 0.15) is 0 Å². The Balaban J connectivity index is 0.00000220. The van der Waals surface area contributed by atoms with Crippen LogP contribution < -0.4 is 5.32 Å². The predicted molar refractivity (Wildman–Crippen MR) is 93.3 cm³/mol. The summed E-state index contributed by atoms with van der Waals surface area (Å²) in [7, 11) is 6.48. The number of likely N-dealkylation sites (tertiary alicyclic amines) is 1. The van der Waals surface area contributed by atoms with Crippen LogP contribution in [0.5, 0.6) is 0 Å². The highest BCUT2D eigenvalue weighted by Gasteiger charge is 2.37. The zero-order valence-electron chi connectivity index (χ0n) is 13.6. The van der Waals surface area contributed by atoms with Crippen molar-refractivity contribution in [2.24, 2.45) is 0 Å². The fourth-order valence-electron chi connectivity index (χ4n) is 3.37. The first-order valence-electron chi connectivity index (χ1n) is 7.79. The van der Waals surface area contributed by atoms with Crippen molar-refractivity contribution in [3.8, 4) is 0 Å². The minimum absolute atomic E-state index is 0. The van der Waals surface area contributed by atoms with Gasteiger partial charge in [0, 0.05) is 18.6 Å². The second-order valence-electron chi connectivity index (χ2n) is 6.09. The van der Waals surface area contributed by atoms with Crippen molar-refractivity contribution in [2.75, 3.05) is 47.3 Å². The molecule has 0 aliphatic carbocycles. The molecule has 120 valence electrons. The molecule has 3 nitrogen and oxygen atoms in total. The van der Waals surface area contributed by atoms with E-state index in [1.807, 2.05) is 7.05 Å². The van der Waals surface area contributed by atoms with Gasteiger partial charge in [-0.3, -0.25) is 4.90 Å². The van der Waals surface area contributed by atoms with Gasteiger partial charge in [0.15, 0.2) is 0 Å². The van der Waals surface area contributed by atoms with Gasteiger partial charge >= 0.3 is 0 Å². The second kappa shape index (κ2) is 8.74. The summed E-state index contributed by atoms with van der Waals surface area (Å²) in [6, 6.07) is 11.0. The summed E-state index contributed by atoms with van der Waals surface area (Å²) < 4.78 is 0. The Morgan fingerprint density at radius 1 is 1.14 bits per heavy atom. The van der Waals surface area contributed by atoms with Crippen molar-refractivity contribution in [3.05, 3.63) is 35.9 Å². The highest BCUT2D eigenvalue weighted by Crippen LogP contribution is 2.37. The number of benzene rings is 1. The molecule has 0 bridgehead atoms. The van der Waals surface area contributed by atoms with Crippen LogP contribution in [0, 0.1) is 0 Å². The van der Waals surface area contributed by atoms with Crippen LogP contribution in [0.4, 0.5) is 0 Å². The molecular formula is C17H30ClN3. The van der Waals surface area contributed by atoms with Gasteiger partial charge in [-0.25, -0.2) is 0 Å². The molecule has 4 heteroatoms. The van der Waals surface area contributed by atoms with Gasteiger partial charge in [0.25, 0.3) is 0 Å². The van der Waals surface area contributed by atoms with Crippen molar-refractivity contribution in [3.63, 3.8) is 0 Å². The van der Waals surface area contributed by atoms with E-state index in [1.165, 1.54) is 44.5 Å². The topological polar surface area (TPSA) is 18.5 Å². The van der Waals surface area contributed by atoms with E-state index < -0.39 is 0 Å². The lowest BCUT2D eigenvalue weighted by molar-refractivity contribution is 0.0535. The molecule has 1 aliphatic heterocycles. The third-order valence-electron chi connectivity index (χ3n) is 4.75. The third-order valence-corrected chi connectivity index (χ3v) is 4.75. The number of hydrogen-bond donors (Lipinski definition) is 1. The number of nitrogens with zero attached hydrogens (tertiary/aromatic N) is 2. The van der Waals surface area contributed by atoms with E-state index in [2.05, 4.69) is 59.5 Å². The number of nitrogens with one attached hydrogen (secondary N) is 1. The lowest BCUT2D eigenvalue weighted by atomic mass is 9.80. The van der Waals surface area contributed by atoms with Crippen LogP contribution in [0.15, 0.2) is 30.3 Å². The van der Waals surface area contributed by atoms with Crippen molar-refractivity contribution in [1.82, 2.24) is 15.1 Å². The number of rotatable bonds is 6. The van der Waals surface area contributed by atoms with Crippen molar-refractivity contribution < 1.29 is 0 Å². The molecule has 1 saturated heterocycles. The van der Waals surface area contributed by atoms with Crippen LogP contribution in [0.2, 0.25) is 0 Å². The van der Waals surface area contributed by atoms with Crippen LogP contribution in [0.25, 0.3) is 0 Å². The Morgan fingerprint density at radius 3 is 2.29 bits per heavy atom. The highest BCUT2D eigenvalue weighted by atomic mass is 35.5. The monoisotopic (exact) mass is 311 g/mol. The zero-order chi connectivity index (χ0) is 14.4. The first-order chi connectivity index (χ1) is 9.69. The minimum atomic E-state index is 0. The Hall–Kier alpha value is -0.610. The Bertz CT molecular complexity index is 386. The molecule has 21 heavy (non-hydrogen) atoms. The molecular weight excluding hydrogens is 282 g/mol. The molecule has 1 N–H and O–H groups in total. The van der Waals surface area contributed by atoms with E-state index in [0.717, 1.165) is 6.54 Å². The van der Waals surface area contributed by atoms with E-state index in [1.54, 1.807) is 0 Å². The Morgan fingerprint density at radius 2 is 1.76 bits per heavy atom. The second-order valence-corrected chi connectivity index (χ2v) is 6.09. The molecule has 1 aromatic carbocycles. The van der Waals surface area contributed by atoms with Crippen LogP contribution in [-0.2, 0) is 5.54 Å². The summed E-state index contributed by atoms with van der Waals surface area (Å²) in [5.41, 5.74) is 1.70. The Labute approximate surface area is 136 Å². The molecule has 0 atom stereocenters. The third kappa shape index (κ3) is 4.43. The summed E-state index contributed by atoms with van der Waals surface area (Å²) in [6.07, 6.45) is 3.70. The lowest BCUT2D eigenvalue weighted by Crippen LogP contribution is -2.50. The van der Waals surface area contributed by atoms with E-state index in [9.17, 15) is 0 Å². The summed E-state index contributed by atoms with van der Waals surface area (Å²) in [5.74, 6) is 0. The average Bonchev–Trinajstić information content (AvgIpc) is 2.49. The van der Waals surface area contributed by atoms with E-state index >= 15 is 0 Å². The average molecular weight is 312 g/mol. The van der Waals surface area contributed by atoms with Gasteiger partial charge in [-0.15, -0.1) is 12.4 Å². The van der Waals surface area contributed by atoms with Gasteiger partial charge in [0.05, 0.1) is 0 Å². The number of halogens is 1. The summed E-state index contributed by atoms with van der Waals surface area (Å²) in [4.78, 5) is 5.04. The highest BCUT2D eigenvalue weighted by molar-refractivity contribution is 5.85. The van der Waals surface area contributed by atoms with Gasteiger partial charge in [0.2, 0.25) is 0 Å². The minimum Gasteiger partial charge on any atom is -0.320 e. The van der Waals surface area contributed by atoms with Crippen LogP contribution in [0.1, 0.15) is 24.8 Å². The maximum absolute atomic E-state index is 3.23. The fourth-order valence-corrected chi connectivity index (χ4v) is 3.37. The van der Waals surface area contributed by atoms with Crippen LogP contribution in [-0.4, -0.2) is 57.1 Å². The molecule has 0 spiro atoms. The normalized spacial score (nSPS) is 18.5. The molecule has 0 radical (unpaired) electrons. The summed E-state index contributed by atoms with van der Waals surface area (Å²) in [6.45, 7) is 4.75. The van der Waals surface area contributed by atoms with Crippen LogP contribution in [0.3, 0.4) is 0 Å². The zero-order valence-corrected chi connectivity index (χ0v) is 14.5. The molecule has 1 aliphatic rings. The van der Waals surface area contributed by atoms with Gasteiger partial charge in [-0.1, -0.05) is 30.3 Å².